The molecule has 0 radical (unpaired) electrons. The highest BCUT2D eigenvalue weighted by Gasteiger charge is 2.24. The minimum absolute atomic E-state index is 0.0659. The quantitative estimate of drug-likeness (QED) is 0.702. The van der Waals surface area contributed by atoms with Gasteiger partial charge < -0.3 is 10.2 Å². The zero-order valence-electron chi connectivity index (χ0n) is 11.7. The van der Waals surface area contributed by atoms with Crippen LogP contribution in [-0.2, 0) is 9.59 Å². The Labute approximate surface area is 110 Å². The third-order valence-electron chi connectivity index (χ3n) is 3.76. The number of Topliss-reactive ketones (excluding diaryl/α,β-unsaturated/α-hetero) is 1. The molecule has 1 amide bonds. The number of nitrogens with one attached hydrogen (secondary N) is 1. The van der Waals surface area contributed by atoms with Crippen molar-refractivity contribution in [2.75, 3.05) is 26.2 Å². The lowest BCUT2D eigenvalue weighted by Crippen LogP contribution is -2.35. The molecule has 1 saturated carbocycles. The van der Waals surface area contributed by atoms with E-state index in [0.29, 0.717) is 18.6 Å². The van der Waals surface area contributed by atoms with Gasteiger partial charge in [0.25, 0.3) is 0 Å². The first-order valence-electron chi connectivity index (χ1n) is 7.19. The number of nitrogens with zero attached hydrogens (tertiary/aromatic N) is 1. The lowest BCUT2D eigenvalue weighted by molar-refractivity contribution is -0.128. The van der Waals surface area contributed by atoms with Crippen LogP contribution in [0.4, 0.5) is 0 Å². The van der Waals surface area contributed by atoms with E-state index in [0.717, 1.165) is 45.4 Å². The second-order valence-corrected chi connectivity index (χ2v) is 4.98. The molecular formula is C14H26N2O2. The Morgan fingerprint density at radius 3 is 2.44 bits per heavy atom. The zero-order valence-corrected chi connectivity index (χ0v) is 11.7. The summed E-state index contributed by atoms with van der Waals surface area (Å²) in [5.74, 6) is 0.513. The van der Waals surface area contributed by atoms with Crippen LogP contribution in [0, 0.1) is 5.92 Å². The SMILES string of the molecule is CCN(CC)CCCNC(=O)C1CCC(=O)CC1. The maximum absolute atomic E-state index is 11.9. The number of amides is 1. The van der Waals surface area contributed by atoms with Gasteiger partial charge in [-0.2, -0.15) is 0 Å². The molecule has 0 aromatic carbocycles. The molecule has 0 aromatic heterocycles. The van der Waals surface area contributed by atoms with E-state index in [-0.39, 0.29) is 11.8 Å². The molecule has 0 bridgehead atoms. The van der Waals surface area contributed by atoms with Crippen molar-refractivity contribution in [1.29, 1.82) is 0 Å². The minimum atomic E-state index is 0.0659. The van der Waals surface area contributed by atoms with Gasteiger partial charge in [0.05, 0.1) is 0 Å². The summed E-state index contributed by atoms with van der Waals surface area (Å²) >= 11 is 0. The molecule has 104 valence electrons. The molecule has 1 aliphatic carbocycles. The standard InChI is InChI=1S/C14H26N2O2/c1-3-16(4-2)11-5-10-15-14(18)12-6-8-13(17)9-7-12/h12H,3-11H2,1-2H3,(H,15,18). The second kappa shape index (κ2) is 8.25. The Hall–Kier alpha value is -0.900. The highest BCUT2D eigenvalue weighted by atomic mass is 16.2. The molecule has 0 aromatic rings. The van der Waals surface area contributed by atoms with Gasteiger partial charge in [0.15, 0.2) is 0 Å². The Morgan fingerprint density at radius 2 is 1.89 bits per heavy atom. The molecule has 0 saturated heterocycles. The summed E-state index contributed by atoms with van der Waals surface area (Å²) in [6.07, 6.45) is 3.63. The summed E-state index contributed by atoms with van der Waals surface area (Å²) in [5, 5.41) is 2.99. The highest BCUT2D eigenvalue weighted by Crippen LogP contribution is 2.21. The Morgan fingerprint density at radius 1 is 1.28 bits per heavy atom. The second-order valence-electron chi connectivity index (χ2n) is 4.98. The van der Waals surface area contributed by atoms with Crippen LogP contribution in [0.15, 0.2) is 0 Å². The molecule has 1 rings (SSSR count). The summed E-state index contributed by atoms with van der Waals surface area (Å²) < 4.78 is 0. The van der Waals surface area contributed by atoms with Gasteiger partial charge in [-0.15, -0.1) is 0 Å². The van der Waals surface area contributed by atoms with Crippen LogP contribution in [-0.4, -0.2) is 42.8 Å². The largest absolute Gasteiger partial charge is 0.356 e. The van der Waals surface area contributed by atoms with E-state index in [4.69, 9.17) is 0 Å². The number of rotatable bonds is 7. The number of ketones is 1. The van der Waals surface area contributed by atoms with E-state index in [9.17, 15) is 9.59 Å². The predicted molar refractivity (Wildman–Crippen MR) is 72.4 cm³/mol. The minimum Gasteiger partial charge on any atom is -0.356 e. The first-order valence-corrected chi connectivity index (χ1v) is 7.19. The van der Waals surface area contributed by atoms with Crippen LogP contribution >= 0.6 is 0 Å². The Balaban J connectivity index is 2.11. The van der Waals surface area contributed by atoms with E-state index >= 15 is 0 Å². The van der Waals surface area contributed by atoms with E-state index in [1.54, 1.807) is 0 Å². The van der Waals surface area contributed by atoms with Crippen molar-refractivity contribution < 1.29 is 9.59 Å². The molecule has 18 heavy (non-hydrogen) atoms. The van der Waals surface area contributed by atoms with E-state index in [2.05, 4.69) is 24.1 Å². The molecule has 0 atom stereocenters. The van der Waals surface area contributed by atoms with Crippen LogP contribution in [0.25, 0.3) is 0 Å². The fraction of sp³-hybridized carbons (Fsp3) is 0.857. The van der Waals surface area contributed by atoms with E-state index < -0.39 is 0 Å². The van der Waals surface area contributed by atoms with Gasteiger partial charge in [-0.3, -0.25) is 9.59 Å². The highest BCUT2D eigenvalue weighted by molar-refractivity contribution is 5.84. The maximum Gasteiger partial charge on any atom is 0.223 e. The zero-order chi connectivity index (χ0) is 13.4. The van der Waals surface area contributed by atoms with Gasteiger partial charge in [-0.25, -0.2) is 0 Å². The van der Waals surface area contributed by atoms with Crippen molar-refractivity contribution in [2.45, 2.75) is 46.0 Å². The molecule has 1 aliphatic rings. The van der Waals surface area contributed by atoms with Gasteiger partial charge in [0.2, 0.25) is 5.91 Å². The van der Waals surface area contributed by atoms with Crippen LogP contribution in [0.3, 0.4) is 0 Å². The lowest BCUT2D eigenvalue weighted by Gasteiger charge is -2.21. The van der Waals surface area contributed by atoms with Crippen LogP contribution in [0.1, 0.15) is 46.0 Å². The van der Waals surface area contributed by atoms with Crippen molar-refractivity contribution in [3.05, 3.63) is 0 Å². The molecule has 1 N–H and O–H groups in total. The van der Waals surface area contributed by atoms with Gasteiger partial charge in [-0.1, -0.05) is 13.8 Å². The van der Waals surface area contributed by atoms with Gasteiger partial charge in [0.1, 0.15) is 5.78 Å². The van der Waals surface area contributed by atoms with E-state index in [1.807, 2.05) is 0 Å². The van der Waals surface area contributed by atoms with Crippen LogP contribution < -0.4 is 5.32 Å². The van der Waals surface area contributed by atoms with Gasteiger partial charge >= 0.3 is 0 Å². The molecule has 4 nitrogen and oxygen atoms in total. The van der Waals surface area contributed by atoms with Gasteiger partial charge in [0, 0.05) is 25.3 Å². The molecular weight excluding hydrogens is 228 g/mol. The Bertz CT molecular complexity index is 265. The third-order valence-corrected chi connectivity index (χ3v) is 3.76. The summed E-state index contributed by atoms with van der Waals surface area (Å²) in [6, 6.07) is 0. The monoisotopic (exact) mass is 254 g/mol. The smallest absolute Gasteiger partial charge is 0.223 e. The lowest BCUT2D eigenvalue weighted by atomic mass is 9.88. The normalized spacial score (nSPS) is 17.2. The molecule has 1 fully saturated rings. The van der Waals surface area contributed by atoms with Crippen molar-refractivity contribution in [2.24, 2.45) is 5.92 Å². The predicted octanol–water partition coefficient (Wildman–Crippen LogP) is 1.59. The maximum atomic E-state index is 11.9. The molecule has 0 aliphatic heterocycles. The summed E-state index contributed by atoms with van der Waals surface area (Å²) in [6.45, 7) is 8.23. The fourth-order valence-corrected chi connectivity index (χ4v) is 2.40. The number of carbonyl (C=O) groups excluding carboxylic acids is 2. The van der Waals surface area contributed by atoms with Crippen molar-refractivity contribution in [1.82, 2.24) is 10.2 Å². The van der Waals surface area contributed by atoms with Crippen LogP contribution in [0.2, 0.25) is 0 Å². The average molecular weight is 254 g/mol. The average Bonchev–Trinajstić information content (AvgIpc) is 2.39. The molecule has 0 spiro atoms. The number of hydrogen-bond acceptors (Lipinski definition) is 3. The summed E-state index contributed by atoms with van der Waals surface area (Å²) in [5.41, 5.74) is 0. The summed E-state index contributed by atoms with van der Waals surface area (Å²) in [4.78, 5) is 25.3. The van der Waals surface area contributed by atoms with Crippen molar-refractivity contribution in [3.8, 4) is 0 Å². The number of hydrogen-bond donors (Lipinski definition) is 1. The topological polar surface area (TPSA) is 49.4 Å². The summed E-state index contributed by atoms with van der Waals surface area (Å²) in [7, 11) is 0. The molecule has 4 heteroatoms. The third kappa shape index (κ3) is 5.17. The molecule has 0 unspecified atom stereocenters. The fourth-order valence-electron chi connectivity index (χ4n) is 2.40. The number of carbonyl (C=O) groups is 2. The first kappa shape index (κ1) is 15.2. The van der Waals surface area contributed by atoms with E-state index in [1.165, 1.54) is 0 Å². The first-order chi connectivity index (χ1) is 8.67. The molecule has 0 heterocycles. The Kier molecular flexibility index (Phi) is 6.94. The van der Waals surface area contributed by atoms with Crippen molar-refractivity contribution in [3.63, 3.8) is 0 Å². The van der Waals surface area contributed by atoms with Crippen LogP contribution in [0.5, 0.6) is 0 Å². The van der Waals surface area contributed by atoms with Crippen molar-refractivity contribution >= 4 is 11.7 Å². The van der Waals surface area contributed by atoms with Gasteiger partial charge in [-0.05, 0) is 38.9 Å².